The number of fused-ring (bicyclic) bond motifs is 4. The Hall–Kier alpha value is -1.59. The number of hydrogen-bond acceptors (Lipinski definition) is 4. The second-order valence-electron chi connectivity index (χ2n) is 8.18. The van der Waals surface area contributed by atoms with Gasteiger partial charge in [-0.1, -0.05) is 68.6 Å². The summed E-state index contributed by atoms with van der Waals surface area (Å²) in [4.78, 5) is 18.9. The van der Waals surface area contributed by atoms with Crippen molar-refractivity contribution in [2.45, 2.75) is 75.4 Å². The van der Waals surface area contributed by atoms with Gasteiger partial charge in [0, 0.05) is 23.3 Å². The Bertz CT molecular complexity index is 900. The van der Waals surface area contributed by atoms with Gasteiger partial charge >= 0.3 is 0 Å². The molecule has 1 aromatic heterocycles. The molecule has 2 aliphatic carbocycles. The SMILES string of the molecule is CCCCn1c(SCCO)nc2c(c1=O)C1(CCCCC1)Cc1ccccc1-2. The summed E-state index contributed by atoms with van der Waals surface area (Å²) >= 11 is 1.50. The fraction of sp³-hybridized carbons (Fsp3) is 0.565. The van der Waals surface area contributed by atoms with Gasteiger partial charge in [-0.3, -0.25) is 9.36 Å². The van der Waals surface area contributed by atoms with Crippen LogP contribution in [0.25, 0.3) is 11.3 Å². The lowest BCUT2D eigenvalue weighted by Crippen LogP contribution is -2.43. The fourth-order valence-electron chi connectivity index (χ4n) is 4.98. The predicted octanol–water partition coefficient (Wildman–Crippen LogP) is 4.55. The van der Waals surface area contributed by atoms with E-state index in [1.165, 1.54) is 36.6 Å². The minimum atomic E-state index is -0.0554. The van der Waals surface area contributed by atoms with E-state index in [0.717, 1.165) is 54.1 Å². The van der Waals surface area contributed by atoms with Crippen molar-refractivity contribution < 1.29 is 5.11 Å². The average Bonchev–Trinajstić information content (AvgIpc) is 2.72. The molecule has 2 aromatic rings. The van der Waals surface area contributed by atoms with Crippen molar-refractivity contribution in [3.8, 4) is 11.3 Å². The van der Waals surface area contributed by atoms with E-state index in [1.807, 2.05) is 10.6 Å². The van der Waals surface area contributed by atoms with Gasteiger partial charge in [0.25, 0.3) is 5.56 Å². The number of aliphatic hydroxyl groups is 1. The topological polar surface area (TPSA) is 55.1 Å². The van der Waals surface area contributed by atoms with Crippen LogP contribution in [0.2, 0.25) is 0 Å². The van der Waals surface area contributed by atoms with Crippen LogP contribution >= 0.6 is 11.8 Å². The van der Waals surface area contributed by atoms with E-state index >= 15 is 0 Å². The zero-order valence-electron chi connectivity index (χ0n) is 16.7. The van der Waals surface area contributed by atoms with E-state index < -0.39 is 0 Å². The molecule has 1 aromatic carbocycles. The van der Waals surface area contributed by atoms with Crippen LogP contribution in [0.4, 0.5) is 0 Å². The molecule has 1 heterocycles. The standard InChI is InChI=1S/C23H30N2O2S/c1-2-3-13-25-21(27)19-20(24-22(25)28-15-14-26)18-10-6-5-9-17(18)16-23(19)11-7-4-8-12-23/h5-6,9-10,26H,2-4,7-8,11-16H2,1H3. The van der Waals surface area contributed by atoms with Crippen molar-refractivity contribution in [2.75, 3.05) is 12.4 Å². The van der Waals surface area contributed by atoms with Crippen LogP contribution in [0, 0.1) is 0 Å². The zero-order valence-corrected chi connectivity index (χ0v) is 17.6. The Morgan fingerprint density at radius 1 is 1.21 bits per heavy atom. The number of unbranched alkanes of at least 4 members (excludes halogenated alkanes) is 1. The number of rotatable bonds is 6. The second kappa shape index (κ2) is 8.42. The molecule has 4 nitrogen and oxygen atoms in total. The number of hydrogen-bond donors (Lipinski definition) is 1. The minimum absolute atomic E-state index is 0.0554. The Morgan fingerprint density at radius 3 is 2.75 bits per heavy atom. The molecule has 1 saturated carbocycles. The molecule has 2 aliphatic rings. The molecular weight excluding hydrogens is 368 g/mol. The molecule has 0 saturated heterocycles. The van der Waals surface area contributed by atoms with Crippen LogP contribution in [0.15, 0.2) is 34.2 Å². The van der Waals surface area contributed by atoms with E-state index in [4.69, 9.17) is 4.98 Å². The molecular formula is C23H30N2O2S. The molecule has 1 fully saturated rings. The summed E-state index contributed by atoms with van der Waals surface area (Å²) in [6.45, 7) is 2.95. The number of thioether (sulfide) groups is 1. The molecule has 1 N–H and O–H groups in total. The maximum Gasteiger partial charge on any atom is 0.258 e. The van der Waals surface area contributed by atoms with Crippen molar-refractivity contribution in [3.63, 3.8) is 0 Å². The first-order chi connectivity index (χ1) is 13.7. The summed E-state index contributed by atoms with van der Waals surface area (Å²) in [5, 5.41) is 10.1. The molecule has 1 spiro atoms. The summed E-state index contributed by atoms with van der Waals surface area (Å²) in [6, 6.07) is 8.48. The van der Waals surface area contributed by atoms with Crippen LogP contribution < -0.4 is 5.56 Å². The number of aliphatic hydroxyl groups excluding tert-OH is 1. The van der Waals surface area contributed by atoms with Crippen LogP contribution in [0.3, 0.4) is 0 Å². The first-order valence-electron chi connectivity index (χ1n) is 10.7. The smallest absolute Gasteiger partial charge is 0.258 e. The normalized spacial score (nSPS) is 17.4. The lowest BCUT2D eigenvalue weighted by atomic mass is 9.62. The van der Waals surface area contributed by atoms with Crippen LogP contribution in [0.5, 0.6) is 0 Å². The summed E-state index contributed by atoms with van der Waals surface area (Å²) in [5.74, 6) is 0.560. The van der Waals surface area contributed by atoms with Crippen molar-refractivity contribution in [2.24, 2.45) is 0 Å². The number of aromatic nitrogens is 2. The highest BCUT2D eigenvalue weighted by Crippen LogP contribution is 2.48. The highest BCUT2D eigenvalue weighted by Gasteiger charge is 2.43. The molecule has 0 bridgehead atoms. The Morgan fingerprint density at radius 2 is 2.00 bits per heavy atom. The molecule has 0 amide bonds. The molecule has 5 heteroatoms. The average molecular weight is 399 g/mol. The molecule has 0 aliphatic heterocycles. The number of benzene rings is 1. The molecule has 150 valence electrons. The van der Waals surface area contributed by atoms with Crippen molar-refractivity contribution in [1.29, 1.82) is 0 Å². The van der Waals surface area contributed by atoms with Crippen LogP contribution in [-0.2, 0) is 18.4 Å². The Balaban J connectivity index is 1.95. The van der Waals surface area contributed by atoms with Gasteiger partial charge in [-0.15, -0.1) is 0 Å². The van der Waals surface area contributed by atoms with Gasteiger partial charge < -0.3 is 5.11 Å². The van der Waals surface area contributed by atoms with E-state index in [-0.39, 0.29) is 17.6 Å². The molecule has 0 atom stereocenters. The minimum Gasteiger partial charge on any atom is -0.396 e. The third-order valence-electron chi connectivity index (χ3n) is 6.33. The van der Waals surface area contributed by atoms with Crippen molar-refractivity contribution in [3.05, 3.63) is 45.7 Å². The van der Waals surface area contributed by atoms with Crippen LogP contribution in [0.1, 0.15) is 63.0 Å². The Kier molecular flexibility index (Phi) is 5.93. The van der Waals surface area contributed by atoms with Crippen LogP contribution in [-0.4, -0.2) is 27.0 Å². The van der Waals surface area contributed by atoms with E-state index in [1.54, 1.807) is 0 Å². The third-order valence-corrected chi connectivity index (χ3v) is 7.29. The first kappa shape index (κ1) is 19.7. The quantitative estimate of drug-likeness (QED) is 0.573. The Labute approximate surface area is 171 Å². The zero-order chi connectivity index (χ0) is 19.6. The molecule has 4 rings (SSSR count). The van der Waals surface area contributed by atoms with Gasteiger partial charge in [0.15, 0.2) is 5.16 Å². The largest absolute Gasteiger partial charge is 0.396 e. The van der Waals surface area contributed by atoms with Gasteiger partial charge in [-0.25, -0.2) is 4.98 Å². The molecule has 0 unspecified atom stereocenters. The van der Waals surface area contributed by atoms with E-state index in [9.17, 15) is 9.90 Å². The highest BCUT2D eigenvalue weighted by atomic mass is 32.2. The fourth-order valence-corrected chi connectivity index (χ4v) is 5.74. The predicted molar refractivity (Wildman–Crippen MR) is 115 cm³/mol. The maximum absolute atomic E-state index is 13.8. The summed E-state index contributed by atoms with van der Waals surface area (Å²) in [7, 11) is 0. The second-order valence-corrected chi connectivity index (χ2v) is 9.24. The van der Waals surface area contributed by atoms with Crippen molar-refractivity contribution >= 4 is 11.8 Å². The van der Waals surface area contributed by atoms with Gasteiger partial charge in [0.05, 0.1) is 17.9 Å². The molecule has 0 radical (unpaired) electrons. The third kappa shape index (κ3) is 3.43. The highest BCUT2D eigenvalue weighted by molar-refractivity contribution is 7.99. The monoisotopic (exact) mass is 398 g/mol. The first-order valence-corrected chi connectivity index (χ1v) is 11.7. The van der Waals surface area contributed by atoms with E-state index in [0.29, 0.717) is 12.3 Å². The maximum atomic E-state index is 13.8. The van der Waals surface area contributed by atoms with Gasteiger partial charge in [-0.2, -0.15) is 0 Å². The summed E-state index contributed by atoms with van der Waals surface area (Å²) in [6.07, 6.45) is 8.79. The number of nitrogens with zero attached hydrogens (tertiary/aromatic N) is 2. The van der Waals surface area contributed by atoms with Gasteiger partial charge in [0.1, 0.15) is 0 Å². The summed E-state index contributed by atoms with van der Waals surface area (Å²) < 4.78 is 1.90. The molecule has 28 heavy (non-hydrogen) atoms. The lowest BCUT2D eigenvalue weighted by Gasteiger charge is -2.42. The summed E-state index contributed by atoms with van der Waals surface area (Å²) in [5.41, 5.74) is 4.43. The van der Waals surface area contributed by atoms with Gasteiger partial charge in [-0.05, 0) is 31.2 Å². The van der Waals surface area contributed by atoms with E-state index in [2.05, 4.69) is 25.1 Å². The lowest BCUT2D eigenvalue weighted by molar-refractivity contribution is 0.281. The van der Waals surface area contributed by atoms with Gasteiger partial charge in [0.2, 0.25) is 0 Å². The van der Waals surface area contributed by atoms with Crippen molar-refractivity contribution in [1.82, 2.24) is 9.55 Å².